The molecule has 1 aliphatic rings. The highest BCUT2D eigenvalue weighted by atomic mass is 32.2. The number of nitrogens with zero attached hydrogens (tertiary/aromatic N) is 2. The SMILES string of the molecule is CCCNC(=O)[C@@H](C)N(Cc1cccc(C)c1)C(=O)CCCN1C(=O)c2ccccc2S1(=O)=O. The number of fused-ring (bicyclic) bond motifs is 1. The van der Waals surface area contributed by atoms with Crippen molar-refractivity contribution in [2.75, 3.05) is 13.1 Å². The molecule has 1 aliphatic heterocycles. The summed E-state index contributed by atoms with van der Waals surface area (Å²) in [5, 5.41) is 2.83. The molecule has 1 atom stereocenters. The van der Waals surface area contributed by atoms with E-state index in [0.29, 0.717) is 6.54 Å². The molecule has 0 unspecified atom stereocenters. The number of amides is 3. The van der Waals surface area contributed by atoms with Crippen molar-refractivity contribution in [3.63, 3.8) is 0 Å². The molecule has 182 valence electrons. The monoisotopic (exact) mass is 485 g/mol. The van der Waals surface area contributed by atoms with Crippen LogP contribution in [0.25, 0.3) is 0 Å². The Kier molecular flexibility index (Phi) is 8.09. The van der Waals surface area contributed by atoms with E-state index in [2.05, 4.69) is 5.32 Å². The molecule has 3 rings (SSSR count). The Labute approximate surface area is 201 Å². The van der Waals surface area contributed by atoms with Crippen molar-refractivity contribution in [1.82, 2.24) is 14.5 Å². The van der Waals surface area contributed by atoms with Gasteiger partial charge in [0.1, 0.15) is 10.9 Å². The van der Waals surface area contributed by atoms with E-state index in [-0.39, 0.29) is 48.2 Å². The van der Waals surface area contributed by atoms with Crippen molar-refractivity contribution in [3.05, 3.63) is 65.2 Å². The lowest BCUT2D eigenvalue weighted by Gasteiger charge is -2.29. The summed E-state index contributed by atoms with van der Waals surface area (Å²) in [4.78, 5) is 39.9. The van der Waals surface area contributed by atoms with E-state index in [1.165, 1.54) is 17.0 Å². The van der Waals surface area contributed by atoms with Crippen molar-refractivity contribution in [1.29, 1.82) is 0 Å². The van der Waals surface area contributed by atoms with Gasteiger partial charge in [-0.1, -0.05) is 48.9 Å². The summed E-state index contributed by atoms with van der Waals surface area (Å²) in [5.41, 5.74) is 2.10. The number of rotatable bonds is 10. The number of carbonyl (C=O) groups is 3. The summed E-state index contributed by atoms with van der Waals surface area (Å²) in [5.74, 6) is -1.09. The Morgan fingerprint density at radius 2 is 1.85 bits per heavy atom. The molecule has 0 aromatic heterocycles. The van der Waals surface area contributed by atoms with Crippen LogP contribution in [0.5, 0.6) is 0 Å². The maximum Gasteiger partial charge on any atom is 0.269 e. The first-order valence-corrected chi connectivity index (χ1v) is 12.9. The number of sulfonamides is 1. The zero-order valence-corrected chi connectivity index (χ0v) is 20.6. The number of benzene rings is 2. The van der Waals surface area contributed by atoms with Crippen molar-refractivity contribution in [2.45, 2.75) is 57.5 Å². The minimum Gasteiger partial charge on any atom is -0.354 e. The third-order valence-electron chi connectivity index (χ3n) is 5.82. The van der Waals surface area contributed by atoms with Gasteiger partial charge >= 0.3 is 0 Å². The fourth-order valence-electron chi connectivity index (χ4n) is 3.96. The van der Waals surface area contributed by atoms with E-state index in [1.54, 1.807) is 19.1 Å². The molecule has 2 aromatic carbocycles. The summed E-state index contributed by atoms with van der Waals surface area (Å²) in [6.07, 6.45) is 0.948. The number of carbonyl (C=O) groups excluding carboxylic acids is 3. The van der Waals surface area contributed by atoms with Gasteiger partial charge < -0.3 is 10.2 Å². The van der Waals surface area contributed by atoms with Crippen LogP contribution in [-0.2, 0) is 26.2 Å². The zero-order valence-electron chi connectivity index (χ0n) is 19.8. The predicted molar refractivity (Wildman–Crippen MR) is 128 cm³/mol. The lowest BCUT2D eigenvalue weighted by atomic mass is 10.1. The van der Waals surface area contributed by atoms with Crippen molar-refractivity contribution in [3.8, 4) is 0 Å². The van der Waals surface area contributed by atoms with E-state index >= 15 is 0 Å². The van der Waals surface area contributed by atoms with E-state index in [9.17, 15) is 22.8 Å². The van der Waals surface area contributed by atoms with Crippen LogP contribution in [0.15, 0.2) is 53.4 Å². The Hall–Kier alpha value is -3.20. The second kappa shape index (κ2) is 10.8. The molecule has 0 saturated heterocycles. The zero-order chi connectivity index (χ0) is 24.9. The second-order valence-corrected chi connectivity index (χ2v) is 10.3. The molecule has 0 spiro atoms. The van der Waals surface area contributed by atoms with Crippen LogP contribution < -0.4 is 5.32 Å². The van der Waals surface area contributed by atoms with Crippen molar-refractivity contribution >= 4 is 27.7 Å². The van der Waals surface area contributed by atoms with Crippen LogP contribution >= 0.6 is 0 Å². The highest BCUT2D eigenvalue weighted by molar-refractivity contribution is 7.90. The lowest BCUT2D eigenvalue weighted by Crippen LogP contribution is -2.47. The molecule has 0 aliphatic carbocycles. The number of nitrogens with one attached hydrogen (secondary N) is 1. The second-order valence-electron chi connectivity index (χ2n) is 8.46. The van der Waals surface area contributed by atoms with Gasteiger partial charge in [-0.2, -0.15) is 0 Å². The van der Waals surface area contributed by atoms with E-state index in [0.717, 1.165) is 21.9 Å². The Balaban J connectivity index is 1.70. The molecule has 1 heterocycles. The van der Waals surface area contributed by atoms with Gasteiger partial charge in [-0.15, -0.1) is 0 Å². The van der Waals surface area contributed by atoms with Crippen LogP contribution in [0.1, 0.15) is 54.6 Å². The van der Waals surface area contributed by atoms with Crippen molar-refractivity contribution < 1.29 is 22.8 Å². The number of hydrogen-bond donors (Lipinski definition) is 1. The molecule has 2 aromatic rings. The van der Waals surface area contributed by atoms with E-state index in [4.69, 9.17) is 0 Å². The highest BCUT2D eigenvalue weighted by Crippen LogP contribution is 2.30. The largest absolute Gasteiger partial charge is 0.354 e. The van der Waals surface area contributed by atoms with Gasteiger partial charge in [0.2, 0.25) is 11.8 Å². The fraction of sp³-hybridized carbons (Fsp3) is 0.400. The van der Waals surface area contributed by atoms with Gasteiger partial charge in [0, 0.05) is 26.1 Å². The molecule has 0 fully saturated rings. The first-order valence-electron chi connectivity index (χ1n) is 11.5. The van der Waals surface area contributed by atoms with Gasteiger partial charge in [0.25, 0.3) is 15.9 Å². The van der Waals surface area contributed by atoms with Crippen LogP contribution in [-0.4, -0.2) is 54.5 Å². The molecule has 0 radical (unpaired) electrons. The van der Waals surface area contributed by atoms with E-state index < -0.39 is 22.0 Å². The third-order valence-corrected chi connectivity index (χ3v) is 7.66. The first-order chi connectivity index (χ1) is 16.2. The molecule has 0 saturated carbocycles. The van der Waals surface area contributed by atoms with Crippen LogP contribution in [0.4, 0.5) is 0 Å². The highest BCUT2D eigenvalue weighted by Gasteiger charge is 2.40. The molecular formula is C25H31N3O5S. The summed E-state index contributed by atoms with van der Waals surface area (Å²) < 4.78 is 26.3. The Morgan fingerprint density at radius 3 is 2.53 bits per heavy atom. The quantitative estimate of drug-likeness (QED) is 0.557. The third kappa shape index (κ3) is 5.47. The van der Waals surface area contributed by atoms with Crippen LogP contribution in [0, 0.1) is 6.92 Å². The average molecular weight is 486 g/mol. The molecular weight excluding hydrogens is 454 g/mol. The molecule has 9 heteroatoms. The number of hydrogen-bond acceptors (Lipinski definition) is 5. The maximum atomic E-state index is 13.2. The summed E-state index contributed by atoms with van der Waals surface area (Å²) >= 11 is 0. The maximum absolute atomic E-state index is 13.2. The Bertz CT molecular complexity index is 1180. The van der Waals surface area contributed by atoms with E-state index in [1.807, 2.05) is 38.1 Å². The standard InChI is InChI=1S/C25H31N3O5S/c1-4-14-26-24(30)19(3)27(17-20-10-7-9-18(2)16-20)23(29)13-8-15-28-25(31)21-11-5-6-12-22(21)34(28,32)33/h5-7,9-12,16,19H,4,8,13-15,17H2,1-3H3,(H,26,30)/t19-/m1/s1. The summed E-state index contributed by atoms with van der Waals surface area (Å²) in [7, 11) is -3.91. The van der Waals surface area contributed by atoms with Crippen LogP contribution in [0.3, 0.4) is 0 Å². The van der Waals surface area contributed by atoms with Gasteiger partial charge in [0.05, 0.1) is 5.56 Å². The number of aryl methyl sites for hydroxylation is 1. The molecule has 34 heavy (non-hydrogen) atoms. The van der Waals surface area contributed by atoms with Crippen molar-refractivity contribution in [2.24, 2.45) is 0 Å². The normalized spacial score (nSPS) is 15.0. The molecule has 1 N–H and O–H groups in total. The first kappa shape index (κ1) is 25.4. The molecule has 3 amide bonds. The predicted octanol–water partition coefficient (Wildman–Crippen LogP) is 2.86. The fourth-order valence-corrected chi connectivity index (χ4v) is 5.56. The summed E-state index contributed by atoms with van der Waals surface area (Å²) in [6.45, 7) is 6.27. The van der Waals surface area contributed by atoms with Gasteiger partial charge in [-0.25, -0.2) is 12.7 Å². The molecule has 0 bridgehead atoms. The lowest BCUT2D eigenvalue weighted by molar-refractivity contribution is -0.140. The Morgan fingerprint density at radius 1 is 1.12 bits per heavy atom. The van der Waals surface area contributed by atoms with Gasteiger partial charge in [0.15, 0.2) is 0 Å². The smallest absolute Gasteiger partial charge is 0.269 e. The topological polar surface area (TPSA) is 104 Å². The average Bonchev–Trinajstić information content (AvgIpc) is 3.01. The van der Waals surface area contributed by atoms with Gasteiger partial charge in [-0.05, 0) is 44.4 Å². The molecule has 8 nitrogen and oxygen atoms in total. The van der Waals surface area contributed by atoms with Crippen LogP contribution in [0.2, 0.25) is 0 Å². The minimum absolute atomic E-state index is 0.00591. The van der Waals surface area contributed by atoms with Gasteiger partial charge in [-0.3, -0.25) is 14.4 Å². The summed E-state index contributed by atoms with van der Waals surface area (Å²) in [6, 6.07) is 13.1. The minimum atomic E-state index is -3.91.